The van der Waals surface area contributed by atoms with Gasteiger partial charge in [-0.05, 0) is 49.6 Å². The van der Waals surface area contributed by atoms with Crippen LogP contribution in [-0.2, 0) is 16.1 Å². The number of nitrogens with zero attached hydrogens (tertiary/aromatic N) is 3. The highest BCUT2D eigenvalue weighted by molar-refractivity contribution is 5.89. The number of likely N-dealkylation sites (tertiary alicyclic amines) is 2. The number of hydrogen-bond donors (Lipinski definition) is 0. The Kier molecular flexibility index (Phi) is 4.78. The molecular formula is C20H25N3O3. The van der Waals surface area contributed by atoms with Crippen molar-refractivity contribution < 1.29 is 13.9 Å². The molecule has 2 atom stereocenters. The van der Waals surface area contributed by atoms with Crippen LogP contribution in [0.3, 0.4) is 0 Å². The number of furan rings is 1. The SMILES string of the molecule is COC1C(=O)N(C2CCN(Cc3ccc(C)o3)CC2)C1c1ccncc1. The van der Waals surface area contributed by atoms with Gasteiger partial charge in [0.05, 0.1) is 12.6 Å². The summed E-state index contributed by atoms with van der Waals surface area (Å²) in [5, 5.41) is 0. The lowest BCUT2D eigenvalue weighted by Crippen LogP contribution is -2.64. The first kappa shape index (κ1) is 17.2. The van der Waals surface area contributed by atoms with Crippen LogP contribution < -0.4 is 0 Å². The molecule has 0 aromatic carbocycles. The first-order chi connectivity index (χ1) is 12.7. The van der Waals surface area contributed by atoms with Crippen molar-refractivity contribution in [1.82, 2.24) is 14.8 Å². The number of β-lactam (4-membered cyclic amide) rings is 1. The van der Waals surface area contributed by atoms with Crippen molar-refractivity contribution >= 4 is 5.91 Å². The molecule has 4 rings (SSSR count). The van der Waals surface area contributed by atoms with Crippen LogP contribution in [0, 0.1) is 6.92 Å². The van der Waals surface area contributed by atoms with Gasteiger partial charge in [-0.15, -0.1) is 0 Å². The van der Waals surface area contributed by atoms with Gasteiger partial charge in [0.1, 0.15) is 11.5 Å². The molecule has 0 N–H and O–H groups in total. The van der Waals surface area contributed by atoms with Crippen molar-refractivity contribution in [2.24, 2.45) is 0 Å². The number of rotatable bonds is 5. The van der Waals surface area contributed by atoms with E-state index >= 15 is 0 Å². The molecule has 2 saturated heterocycles. The van der Waals surface area contributed by atoms with Crippen LogP contribution in [0.15, 0.2) is 41.1 Å². The monoisotopic (exact) mass is 355 g/mol. The van der Waals surface area contributed by atoms with E-state index in [0.717, 1.165) is 49.6 Å². The third-order valence-corrected chi connectivity index (χ3v) is 5.51. The molecule has 0 saturated carbocycles. The molecule has 4 heterocycles. The highest BCUT2D eigenvalue weighted by Crippen LogP contribution is 2.40. The highest BCUT2D eigenvalue weighted by Gasteiger charge is 2.51. The van der Waals surface area contributed by atoms with Crippen LogP contribution in [0.5, 0.6) is 0 Å². The number of aryl methyl sites for hydroxylation is 1. The van der Waals surface area contributed by atoms with E-state index in [2.05, 4.69) is 9.88 Å². The van der Waals surface area contributed by atoms with Gasteiger partial charge < -0.3 is 14.1 Å². The number of carbonyl (C=O) groups excluding carboxylic acids is 1. The van der Waals surface area contributed by atoms with Gasteiger partial charge in [0.2, 0.25) is 0 Å². The van der Waals surface area contributed by atoms with Crippen molar-refractivity contribution in [3.63, 3.8) is 0 Å². The van der Waals surface area contributed by atoms with Crippen LogP contribution in [-0.4, -0.2) is 53.0 Å². The van der Waals surface area contributed by atoms with Gasteiger partial charge in [-0.3, -0.25) is 14.7 Å². The molecule has 1 amide bonds. The summed E-state index contributed by atoms with van der Waals surface area (Å²) in [5.41, 5.74) is 1.10. The van der Waals surface area contributed by atoms with Crippen LogP contribution in [0.2, 0.25) is 0 Å². The maximum absolute atomic E-state index is 12.6. The van der Waals surface area contributed by atoms with E-state index in [1.54, 1.807) is 19.5 Å². The summed E-state index contributed by atoms with van der Waals surface area (Å²) in [6, 6.07) is 8.27. The molecule has 2 aliphatic heterocycles. The van der Waals surface area contributed by atoms with Gasteiger partial charge in [-0.2, -0.15) is 0 Å². The highest BCUT2D eigenvalue weighted by atomic mass is 16.5. The number of piperidine rings is 1. The Hall–Kier alpha value is -2.18. The Balaban J connectivity index is 1.40. The zero-order chi connectivity index (χ0) is 18.1. The topological polar surface area (TPSA) is 58.8 Å². The standard InChI is InChI=1S/C20H25N3O3/c1-14-3-4-17(26-14)13-22-11-7-16(8-12-22)23-18(19(25-2)20(23)24)15-5-9-21-10-6-15/h3-6,9-10,16,18-19H,7-8,11-13H2,1-2H3. The van der Waals surface area contributed by atoms with Crippen molar-refractivity contribution in [2.75, 3.05) is 20.2 Å². The van der Waals surface area contributed by atoms with E-state index in [4.69, 9.17) is 9.15 Å². The third kappa shape index (κ3) is 3.15. The lowest BCUT2D eigenvalue weighted by atomic mass is 9.86. The van der Waals surface area contributed by atoms with Crippen LogP contribution >= 0.6 is 0 Å². The Morgan fingerprint density at radius 2 is 1.92 bits per heavy atom. The van der Waals surface area contributed by atoms with Gasteiger partial charge in [-0.1, -0.05) is 0 Å². The predicted octanol–water partition coefficient (Wildman–Crippen LogP) is 2.55. The van der Waals surface area contributed by atoms with Gasteiger partial charge in [0, 0.05) is 38.6 Å². The van der Waals surface area contributed by atoms with Crippen molar-refractivity contribution in [3.05, 3.63) is 53.7 Å². The molecule has 0 spiro atoms. The molecule has 2 fully saturated rings. The van der Waals surface area contributed by atoms with E-state index in [1.165, 1.54) is 0 Å². The Morgan fingerprint density at radius 1 is 1.19 bits per heavy atom. The maximum atomic E-state index is 12.6. The summed E-state index contributed by atoms with van der Waals surface area (Å²) in [7, 11) is 1.61. The molecule has 2 aromatic rings. The number of carbonyl (C=O) groups is 1. The number of amides is 1. The average molecular weight is 355 g/mol. The van der Waals surface area contributed by atoms with Crippen LogP contribution in [0.4, 0.5) is 0 Å². The zero-order valence-electron chi connectivity index (χ0n) is 15.3. The van der Waals surface area contributed by atoms with Gasteiger partial charge >= 0.3 is 0 Å². The summed E-state index contributed by atoms with van der Waals surface area (Å²) in [6.45, 7) is 4.74. The molecule has 0 radical (unpaired) electrons. The number of ether oxygens (including phenoxy) is 1. The second kappa shape index (κ2) is 7.21. The second-order valence-electron chi connectivity index (χ2n) is 7.15. The van der Waals surface area contributed by atoms with E-state index in [9.17, 15) is 4.79 Å². The normalized spacial score (nSPS) is 24.7. The molecule has 2 unspecified atom stereocenters. The first-order valence-electron chi connectivity index (χ1n) is 9.20. The predicted molar refractivity (Wildman–Crippen MR) is 96.4 cm³/mol. The molecule has 6 nitrogen and oxygen atoms in total. The fraction of sp³-hybridized carbons (Fsp3) is 0.500. The lowest BCUT2D eigenvalue weighted by molar-refractivity contribution is -0.178. The molecule has 2 aromatic heterocycles. The number of aromatic nitrogens is 1. The fourth-order valence-corrected chi connectivity index (χ4v) is 4.16. The van der Waals surface area contributed by atoms with Crippen LogP contribution in [0.1, 0.15) is 36.0 Å². The van der Waals surface area contributed by atoms with Crippen LogP contribution in [0.25, 0.3) is 0 Å². The molecule has 2 aliphatic rings. The Labute approximate surface area is 153 Å². The number of methoxy groups -OCH3 is 1. The smallest absolute Gasteiger partial charge is 0.255 e. The van der Waals surface area contributed by atoms with E-state index in [0.29, 0.717) is 0 Å². The minimum atomic E-state index is -0.374. The summed E-state index contributed by atoms with van der Waals surface area (Å²) in [4.78, 5) is 21.1. The molecular weight excluding hydrogens is 330 g/mol. The van der Waals surface area contributed by atoms with Gasteiger partial charge in [-0.25, -0.2) is 0 Å². The number of hydrogen-bond acceptors (Lipinski definition) is 5. The fourth-order valence-electron chi connectivity index (χ4n) is 4.16. The summed E-state index contributed by atoms with van der Waals surface area (Å²) < 4.78 is 11.1. The minimum absolute atomic E-state index is 0.000210. The van der Waals surface area contributed by atoms with Gasteiger partial charge in [0.15, 0.2) is 6.10 Å². The Bertz CT molecular complexity index is 753. The minimum Gasteiger partial charge on any atom is -0.465 e. The lowest BCUT2D eigenvalue weighted by Gasteiger charge is -2.52. The van der Waals surface area contributed by atoms with Crippen molar-refractivity contribution in [1.29, 1.82) is 0 Å². The molecule has 6 heteroatoms. The van der Waals surface area contributed by atoms with Crippen molar-refractivity contribution in [3.8, 4) is 0 Å². The number of pyridine rings is 1. The average Bonchev–Trinajstić information content (AvgIpc) is 3.07. The second-order valence-corrected chi connectivity index (χ2v) is 7.15. The maximum Gasteiger partial charge on any atom is 0.255 e. The molecule has 0 aliphatic carbocycles. The largest absolute Gasteiger partial charge is 0.465 e. The van der Waals surface area contributed by atoms with E-state index in [-0.39, 0.29) is 24.1 Å². The van der Waals surface area contributed by atoms with Crippen molar-refractivity contribution in [2.45, 2.75) is 44.5 Å². The summed E-state index contributed by atoms with van der Waals surface area (Å²) >= 11 is 0. The molecule has 138 valence electrons. The zero-order valence-corrected chi connectivity index (χ0v) is 15.3. The molecule has 0 bridgehead atoms. The molecule has 26 heavy (non-hydrogen) atoms. The van der Waals surface area contributed by atoms with E-state index in [1.807, 2.05) is 36.1 Å². The Morgan fingerprint density at radius 3 is 2.54 bits per heavy atom. The summed E-state index contributed by atoms with van der Waals surface area (Å²) in [5.74, 6) is 2.07. The third-order valence-electron chi connectivity index (χ3n) is 5.51. The van der Waals surface area contributed by atoms with Gasteiger partial charge in [0.25, 0.3) is 5.91 Å². The summed E-state index contributed by atoms with van der Waals surface area (Å²) in [6.07, 6.45) is 5.13. The van der Waals surface area contributed by atoms with E-state index < -0.39 is 0 Å². The quantitative estimate of drug-likeness (QED) is 0.772. The first-order valence-corrected chi connectivity index (χ1v) is 9.20.